The van der Waals surface area contributed by atoms with Crippen LogP contribution in [0.5, 0.6) is 0 Å². The van der Waals surface area contributed by atoms with Crippen LogP contribution in [-0.2, 0) is 9.53 Å². The second kappa shape index (κ2) is 6.37. The van der Waals surface area contributed by atoms with Crippen molar-refractivity contribution >= 4 is 11.6 Å². The molecule has 0 spiro atoms. The molecular weight excluding hydrogens is 218 g/mol. The monoisotopic (exact) mass is 237 g/mol. The van der Waals surface area contributed by atoms with Gasteiger partial charge in [0.05, 0.1) is 5.69 Å². The van der Waals surface area contributed by atoms with E-state index in [4.69, 9.17) is 9.84 Å². The third-order valence-electron chi connectivity index (χ3n) is 2.57. The minimum absolute atomic E-state index is 0.168. The van der Waals surface area contributed by atoms with Gasteiger partial charge in [-0.2, -0.15) is 0 Å². The standard InChI is InChI=1S/C13H19NO3/c1-4-17-9-14(12(16)8-15)13-10(2)6-5-7-11(13)3/h5-7,15H,4,8-9H2,1-3H3. The van der Waals surface area contributed by atoms with Crippen LogP contribution < -0.4 is 4.90 Å². The third kappa shape index (κ3) is 3.28. The van der Waals surface area contributed by atoms with Crippen LogP contribution in [0.3, 0.4) is 0 Å². The molecule has 1 amide bonds. The second-order valence-electron chi connectivity index (χ2n) is 3.84. The molecule has 4 nitrogen and oxygen atoms in total. The molecule has 0 heterocycles. The number of hydrogen-bond donors (Lipinski definition) is 1. The number of aliphatic hydroxyl groups is 1. The average Bonchev–Trinajstić information content (AvgIpc) is 2.32. The molecular formula is C13H19NO3. The summed E-state index contributed by atoms with van der Waals surface area (Å²) in [5.74, 6) is -0.351. The Balaban J connectivity index is 3.07. The molecule has 0 aliphatic carbocycles. The van der Waals surface area contributed by atoms with Gasteiger partial charge < -0.3 is 9.84 Å². The van der Waals surface area contributed by atoms with E-state index in [0.29, 0.717) is 6.61 Å². The van der Waals surface area contributed by atoms with Crippen molar-refractivity contribution in [3.8, 4) is 0 Å². The Morgan fingerprint density at radius 1 is 1.35 bits per heavy atom. The van der Waals surface area contributed by atoms with E-state index in [1.54, 1.807) is 0 Å². The lowest BCUT2D eigenvalue weighted by atomic mass is 10.1. The Bertz CT molecular complexity index is 370. The average molecular weight is 237 g/mol. The number of aryl methyl sites for hydroxylation is 2. The number of amides is 1. The number of aliphatic hydroxyl groups excluding tert-OH is 1. The van der Waals surface area contributed by atoms with Crippen LogP contribution in [0.15, 0.2) is 18.2 Å². The van der Waals surface area contributed by atoms with Gasteiger partial charge in [0, 0.05) is 6.61 Å². The van der Waals surface area contributed by atoms with E-state index in [9.17, 15) is 4.79 Å². The quantitative estimate of drug-likeness (QED) is 0.792. The van der Waals surface area contributed by atoms with Gasteiger partial charge in [0.1, 0.15) is 13.3 Å². The van der Waals surface area contributed by atoms with E-state index in [2.05, 4.69) is 0 Å². The van der Waals surface area contributed by atoms with Crippen LogP contribution in [-0.4, -0.2) is 31.0 Å². The molecule has 94 valence electrons. The highest BCUT2D eigenvalue weighted by Gasteiger charge is 2.18. The molecule has 4 heteroatoms. The summed E-state index contributed by atoms with van der Waals surface area (Å²) in [5, 5.41) is 9.00. The highest BCUT2D eigenvalue weighted by atomic mass is 16.5. The summed E-state index contributed by atoms with van der Waals surface area (Å²) in [5.41, 5.74) is 2.80. The largest absolute Gasteiger partial charge is 0.387 e. The number of rotatable bonds is 5. The molecule has 1 rings (SSSR count). The summed E-state index contributed by atoms with van der Waals surface area (Å²) < 4.78 is 5.28. The normalized spacial score (nSPS) is 10.4. The summed E-state index contributed by atoms with van der Waals surface area (Å²) in [6.07, 6.45) is 0. The first-order valence-corrected chi connectivity index (χ1v) is 5.67. The SMILES string of the molecule is CCOCN(C(=O)CO)c1c(C)cccc1C. The Hall–Kier alpha value is -1.39. The second-order valence-corrected chi connectivity index (χ2v) is 3.84. The number of benzene rings is 1. The first kappa shape index (κ1) is 13.7. The van der Waals surface area contributed by atoms with E-state index >= 15 is 0 Å². The molecule has 1 N–H and O–H groups in total. The fourth-order valence-electron chi connectivity index (χ4n) is 1.76. The Morgan fingerprint density at radius 2 is 1.94 bits per heavy atom. The van der Waals surface area contributed by atoms with Crippen molar-refractivity contribution < 1.29 is 14.6 Å². The van der Waals surface area contributed by atoms with Gasteiger partial charge in [-0.25, -0.2) is 0 Å². The highest BCUT2D eigenvalue weighted by Crippen LogP contribution is 2.24. The van der Waals surface area contributed by atoms with Crippen LogP contribution in [0.4, 0.5) is 5.69 Å². The van der Waals surface area contributed by atoms with Gasteiger partial charge in [0.2, 0.25) is 0 Å². The summed E-state index contributed by atoms with van der Waals surface area (Å²) in [4.78, 5) is 13.2. The molecule has 0 bridgehead atoms. The molecule has 0 fully saturated rings. The van der Waals surface area contributed by atoms with E-state index in [1.807, 2.05) is 39.0 Å². The molecule has 0 aliphatic rings. The lowest BCUT2D eigenvalue weighted by Gasteiger charge is -2.25. The van der Waals surface area contributed by atoms with Crippen molar-refractivity contribution in [1.29, 1.82) is 0 Å². The van der Waals surface area contributed by atoms with E-state index in [1.165, 1.54) is 4.90 Å². The van der Waals surface area contributed by atoms with Crippen molar-refractivity contribution in [1.82, 2.24) is 0 Å². The molecule has 0 saturated carbocycles. The van der Waals surface area contributed by atoms with Crippen molar-refractivity contribution in [2.45, 2.75) is 20.8 Å². The zero-order valence-corrected chi connectivity index (χ0v) is 10.6. The fraction of sp³-hybridized carbons (Fsp3) is 0.462. The van der Waals surface area contributed by atoms with Gasteiger partial charge in [-0.05, 0) is 31.9 Å². The molecule has 1 aromatic carbocycles. The maximum absolute atomic E-state index is 11.7. The van der Waals surface area contributed by atoms with E-state index in [-0.39, 0.29) is 12.6 Å². The lowest BCUT2D eigenvalue weighted by Crippen LogP contribution is -2.36. The summed E-state index contributed by atoms with van der Waals surface area (Å²) >= 11 is 0. The Morgan fingerprint density at radius 3 is 2.41 bits per heavy atom. The van der Waals surface area contributed by atoms with Crippen LogP contribution in [0.25, 0.3) is 0 Å². The molecule has 17 heavy (non-hydrogen) atoms. The van der Waals surface area contributed by atoms with Gasteiger partial charge in [-0.15, -0.1) is 0 Å². The molecule has 0 saturated heterocycles. The molecule has 0 aliphatic heterocycles. The number of carbonyl (C=O) groups is 1. The van der Waals surface area contributed by atoms with E-state index < -0.39 is 6.61 Å². The Labute approximate surface area is 102 Å². The number of carbonyl (C=O) groups excluding carboxylic acids is 1. The number of ether oxygens (including phenoxy) is 1. The maximum atomic E-state index is 11.7. The topological polar surface area (TPSA) is 49.8 Å². The first-order valence-electron chi connectivity index (χ1n) is 5.67. The summed E-state index contributed by atoms with van der Waals surface area (Å²) in [7, 11) is 0. The smallest absolute Gasteiger partial charge is 0.254 e. The van der Waals surface area contributed by atoms with Crippen LogP contribution >= 0.6 is 0 Å². The van der Waals surface area contributed by atoms with E-state index in [0.717, 1.165) is 16.8 Å². The van der Waals surface area contributed by atoms with Crippen molar-refractivity contribution in [2.24, 2.45) is 0 Å². The number of nitrogens with zero attached hydrogens (tertiary/aromatic N) is 1. The third-order valence-corrected chi connectivity index (χ3v) is 2.57. The molecule has 1 aromatic rings. The summed E-state index contributed by atoms with van der Waals surface area (Å²) in [6, 6.07) is 5.81. The van der Waals surface area contributed by atoms with Crippen molar-refractivity contribution in [3.05, 3.63) is 29.3 Å². The van der Waals surface area contributed by atoms with Gasteiger partial charge in [0.15, 0.2) is 0 Å². The van der Waals surface area contributed by atoms with Gasteiger partial charge in [0.25, 0.3) is 5.91 Å². The molecule has 0 unspecified atom stereocenters. The van der Waals surface area contributed by atoms with Crippen LogP contribution in [0, 0.1) is 13.8 Å². The molecule has 0 radical (unpaired) electrons. The van der Waals surface area contributed by atoms with Gasteiger partial charge >= 0.3 is 0 Å². The predicted octanol–water partition coefficient (Wildman–Crippen LogP) is 1.62. The van der Waals surface area contributed by atoms with Crippen molar-refractivity contribution in [3.63, 3.8) is 0 Å². The van der Waals surface area contributed by atoms with Gasteiger partial charge in [-0.1, -0.05) is 18.2 Å². The van der Waals surface area contributed by atoms with Crippen LogP contribution in [0.2, 0.25) is 0 Å². The van der Waals surface area contributed by atoms with Gasteiger partial charge in [-0.3, -0.25) is 9.69 Å². The zero-order chi connectivity index (χ0) is 12.8. The molecule has 0 aromatic heterocycles. The summed E-state index contributed by atoms with van der Waals surface area (Å²) in [6.45, 7) is 5.92. The highest BCUT2D eigenvalue weighted by molar-refractivity contribution is 5.95. The maximum Gasteiger partial charge on any atom is 0.254 e. The minimum Gasteiger partial charge on any atom is -0.387 e. The fourth-order valence-corrected chi connectivity index (χ4v) is 1.76. The number of hydrogen-bond acceptors (Lipinski definition) is 3. The number of para-hydroxylation sites is 1. The van der Waals surface area contributed by atoms with Crippen LogP contribution in [0.1, 0.15) is 18.1 Å². The molecule has 0 atom stereocenters. The minimum atomic E-state index is -0.513. The lowest BCUT2D eigenvalue weighted by molar-refractivity contribution is -0.122. The van der Waals surface area contributed by atoms with Crippen molar-refractivity contribution in [2.75, 3.05) is 24.8 Å². The zero-order valence-electron chi connectivity index (χ0n) is 10.6. The first-order chi connectivity index (χ1) is 8.11. The Kier molecular flexibility index (Phi) is 5.12. The number of anilines is 1. The predicted molar refractivity (Wildman–Crippen MR) is 67.0 cm³/mol.